The van der Waals surface area contributed by atoms with Crippen molar-refractivity contribution in [3.63, 3.8) is 0 Å². The molecule has 3 N–H and O–H groups in total. The Kier molecular flexibility index (Phi) is 9.81. The van der Waals surface area contributed by atoms with E-state index in [4.69, 9.17) is 5.73 Å². The third-order valence-corrected chi connectivity index (χ3v) is 2.49. The Morgan fingerprint density at radius 2 is 2.06 bits per heavy atom. The molecule has 0 aliphatic heterocycles. The lowest BCUT2D eigenvalue weighted by Crippen LogP contribution is -2.31. The van der Waals surface area contributed by atoms with Crippen molar-refractivity contribution in [2.75, 3.05) is 32.7 Å². The molecule has 0 atom stereocenters. The van der Waals surface area contributed by atoms with Gasteiger partial charge in [-0.05, 0) is 32.5 Å². The molecule has 0 aliphatic rings. The van der Waals surface area contributed by atoms with E-state index in [2.05, 4.69) is 35.6 Å². The molecule has 16 heavy (non-hydrogen) atoms. The molecule has 0 aromatic carbocycles. The van der Waals surface area contributed by atoms with Crippen LogP contribution in [0.25, 0.3) is 0 Å². The molecule has 0 spiro atoms. The minimum atomic E-state index is 0.516. The monoisotopic (exact) mass is 226 g/mol. The summed E-state index contributed by atoms with van der Waals surface area (Å²) in [5.41, 5.74) is 5.63. The van der Waals surface area contributed by atoms with Gasteiger partial charge in [0.15, 0.2) is 5.96 Å². The number of nitrogens with one attached hydrogen (secondary N) is 1. The van der Waals surface area contributed by atoms with Crippen LogP contribution in [0.5, 0.6) is 0 Å². The summed E-state index contributed by atoms with van der Waals surface area (Å²) in [4.78, 5) is 6.65. The van der Waals surface area contributed by atoms with E-state index < -0.39 is 0 Å². The highest BCUT2D eigenvalue weighted by atomic mass is 15.1. The van der Waals surface area contributed by atoms with Crippen molar-refractivity contribution < 1.29 is 0 Å². The largest absolute Gasteiger partial charge is 0.370 e. The molecule has 4 heteroatoms. The number of nitrogens with two attached hydrogens (primary N) is 1. The average Bonchev–Trinajstić information content (AvgIpc) is 2.31. The summed E-state index contributed by atoms with van der Waals surface area (Å²) in [6.45, 7) is 12.9. The van der Waals surface area contributed by atoms with E-state index in [9.17, 15) is 0 Å². The molecule has 0 amide bonds. The smallest absolute Gasteiger partial charge is 0.188 e. The summed E-state index contributed by atoms with van der Waals surface area (Å²) in [7, 11) is 0. The maximum absolute atomic E-state index is 5.63. The van der Waals surface area contributed by atoms with Gasteiger partial charge < -0.3 is 16.0 Å². The molecule has 0 radical (unpaired) electrons. The van der Waals surface area contributed by atoms with Crippen molar-refractivity contribution in [2.45, 2.75) is 26.7 Å². The van der Waals surface area contributed by atoms with Crippen LogP contribution in [0.15, 0.2) is 17.6 Å². The van der Waals surface area contributed by atoms with Crippen LogP contribution in [0.2, 0.25) is 0 Å². The van der Waals surface area contributed by atoms with E-state index >= 15 is 0 Å². The molecular weight excluding hydrogens is 200 g/mol. The van der Waals surface area contributed by atoms with E-state index in [1.54, 1.807) is 6.08 Å². The first-order valence-corrected chi connectivity index (χ1v) is 6.11. The van der Waals surface area contributed by atoms with Crippen molar-refractivity contribution in [3.8, 4) is 0 Å². The lowest BCUT2D eigenvalue weighted by atomic mass is 10.3. The summed E-state index contributed by atoms with van der Waals surface area (Å²) in [5.74, 6) is 0.516. The molecule has 0 bridgehead atoms. The molecule has 0 aromatic heterocycles. The van der Waals surface area contributed by atoms with Gasteiger partial charge in [-0.1, -0.05) is 19.9 Å². The molecule has 0 aromatic rings. The van der Waals surface area contributed by atoms with E-state index in [-0.39, 0.29) is 0 Å². The van der Waals surface area contributed by atoms with Crippen molar-refractivity contribution in [1.29, 1.82) is 0 Å². The quantitative estimate of drug-likeness (QED) is 0.269. The second-order valence-electron chi connectivity index (χ2n) is 3.67. The third-order valence-electron chi connectivity index (χ3n) is 2.49. The van der Waals surface area contributed by atoms with Crippen LogP contribution in [0, 0.1) is 0 Å². The number of aliphatic imine (C=N–C) groups is 1. The zero-order chi connectivity index (χ0) is 12.2. The Bertz CT molecular complexity index is 197. The molecule has 0 rings (SSSR count). The fraction of sp³-hybridized carbons (Fsp3) is 0.750. The molecule has 0 unspecified atom stereocenters. The van der Waals surface area contributed by atoms with Gasteiger partial charge in [-0.2, -0.15) is 0 Å². The molecular formula is C12H26N4. The maximum Gasteiger partial charge on any atom is 0.188 e. The van der Waals surface area contributed by atoms with Crippen LogP contribution in [-0.4, -0.2) is 43.6 Å². The van der Waals surface area contributed by atoms with Gasteiger partial charge in [-0.15, -0.1) is 6.58 Å². The minimum absolute atomic E-state index is 0.516. The first-order valence-electron chi connectivity index (χ1n) is 6.11. The molecule has 0 fully saturated rings. The van der Waals surface area contributed by atoms with Gasteiger partial charge in [0, 0.05) is 13.1 Å². The molecule has 4 nitrogen and oxygen atoms in total. The zero-order valence-electron chi connectivity index (χ0n) is 10.7. The number of unbranched alkanes of at least 4 members (excludes halogenated alkanes) is 1. The standard InChI is InChI=1S/C12H26N4/c1-4-9-14-12(13)15-10-7-8-11-16(5-2)6-3/h4H,1,5-11H2,2-3H3,(H3,13,14,15). The fourth-order valence-corrected chi connectivity index (χ4v) is 1.42. The zero-order valence-corrected chi connectivity index (χ0v) is 10.7. The van der Waals surface area contributed by atoms with Crippen LogP contribution in [-0.2, 0) is 0 Å². The predicted molar refractivity (Wildman–Crippen MR) is 71.7 cm³/mol. The van der Waals surface area contributed by atoms with E-state index in [1.807, 2.05) is 0 Å². The molecule has 0 saturated carbocycles. The van der Waals surface area contributed by atoms with Crippen LogP contribution in [0.4, 0.5) is 0 Å². The minimum Gasteiger partial charge on any atom is -0.370 e. The van der Waals surface area contributed by atoms with Crippen LogP contribution >= 0.6 is 0 Å². The number of nitrogens with zero attached hydrogens (tertiary/aromatic N) is 2. The Labute approximate surface area is 99.6 Å². The molecule has 0 aliphatic carbocycles. The van der Waals surface area contributed by atoms with Gasteiger partial charge >= 0.3 is 0 Å². The normalized spacial score (nSPS) is 11.8. The predicted octanol–water partition coefficient (Wildman–Crippen LogP) is 1.20. The van der Waals surface area contributed by atoms with Gasteiger partial charge in [0.25, 0.3) is 0 Å². The van der Waals surface area contributed by atoms with Crippen LogP contribution < -0.4 is 11.1 Å². The van der Waals surface area contributed by atoms with Crippen molar-refractivity contribution in [2.24, 2.45) is 10.7 Å². The van der Waals surface area contributed by atoms with Crippen molar-refractivity contribution in [3.05, 3.63) is 12.7 Å². The Morgan fingerprint density at radius 3 is 2.62 bits per heavy atom. The SMILES string of the molecule is C=CCNC(N)=NCCCCN(CC)CC. The molecule has 0 saturated heterocycles. The van der Waals surface area contributed by atoms with Crippen LogP contribution in [0.1, 0.15) is 26.7 Å². The summed E-state index contributed by atoms with van der Waals surface area (Å²) in [6.07, 6.45) is 4.04. The van der Waals surface area contributed by atoms with E-state index in [0.29, 0.717) is 12.5 Å². The Hall–Kier alpha value is -1.03. The first kappa shape index (κ1) is 15.0. The summed E-state index contributed by atoms with van der Waals surface area (Å²) >= 11 is 0. The summed E-state index contributed by atoms with van der Waals surface area (Å²) < 4.78 is 0. The van der Waals surface area contributed by atoms with E-state index in [1.165, 1.54) is 6.42 Å². The first-order chi connectivity index (χ1) is 7.74. The number of hydrogen-bond acceptors (Lipinski definition) is 2. The topological polar surface area (TPSA) is 53.6 Å². The number of guanidine groups is 1. The highest BCUT2D eigenvalue weighted by Crippen LogP contribution is 1.95. The second kappa shape index (κ2) is 10.5. The third kappa shape index (κ3) is 8.29. The number of hydrogen-bond donors (Lipinski definition) is 2. The Balaban J connectivity index is 3.47. The fourth-order valence-electron chi connectivity index (χ4n) is 1.42. The second-order valence-corrected chi connectivity index (χ2v) is 3.67. The lowest BCUT2D eigenvalue weighted by Gasteiger charge is -2.17. The molecule has 94 valence electrons. The number of rotatable bonds is 9. The molecule has 0 heterocycles. The maximum atomic E-state index is 5.63. The summed E-state index contributed by atoms with van der Waals surface area (Å²) in [6, 6.07) is 0. The van der Waals surface area contributed by atoms with Gasteiger partial charge in [-0.3, -0.25) is 4.99 Å². The highest BCUT2D eigenvalue weighted by molar-refractivity contribution is 5.77. The van der Waals surface area contributed by atoms with Gasteiger partial charge in [-0.25, -0.2) is 0 Å². The highest BCUT2D eigenvalue weighted by Gasteiger charge is 1.97. The van der Waals surface area contributed by atoms with Gasteiger partial charge in [0.2, 0.25) is 0 Å². The van der Waals surface area contributed by atoms with Crippen molar-refractivity contribution >= 4 is 5.96 Å². The van der Waals surface area contributed by atoms with Crippen molar-refractivity contribution in [1.82, 2.24) is 10.2 Å². The summed E-state index contributed by atoms with van der Waals surface area (Å²) in [5, 5.41) is 2.95. The average molecular weight is 226 g/mol. The Morgan fingerprint density at radius 1 is 1.38 bits per heavy atom. The lowest BCUT2D eigenvalue weighted by molar-refractivity contribution is 0.297. The van der Waals surface area contributed by atoms with Crippen LogP contribution in [0.3, 0.4) is 0 Å². The van der Waals surface area contributed by atoms with Gasteiger partial charge in [0.05, 0.1) is 0 Å². The van der Waals surface area contributed by atoms with Gasteiger partial charge in [0.1, 0.15) is 0 Å². The van der Waals surface area contributed by atoms with E-state index in [0.717, 1.165) is 32.6 Å².